The van der Waals surface area contributed by atoms with Crippen LogP contribution in [0.15, 0.2) is 11.4 Å². The van der Waals surface area contributed by atoms with Crippen LogP contribution in [0.5, 0.6) is 0 Å². The second-order valence-corrected chi connectivity index (χ2v) is 3.91. The van der Waals surface area contributed by atoms with Gasteiger partial charge in [-0.3, -0.25) is 4.79 Å². The molecule has 15 heavy (non-hydrogen) atoms. The number of Topliss-reactive ketones (excluding diaryl/α,β-unsaturated/α-hetero) is 1. The van der Waals surface area contributed by atoms with Gasteiger partial charge in [0.25, 0.3) is 0 Å². The number of hydrogen-bond acceptors (Lipinski definition) is 5. The van der Waals surface area contributed by atoms with E-state index in [4.69, 9.17) is 10.2 Å². The number of carboxylic acids is 1. The summed E-state index contributed by atoms with van der Waals surface area (Å²) in [6.45, 7) is 1.31. The van der Waals surface area contributed by atoms with E-state index in [-0.39, 0.29) is 16.2 Å². The monoisotopic (exact) mass is 230 g/mol. The highest BCUT2D eigenvalue weighted by Crippen LogP contribution is 2.26. The van der Waals surface area contributed by atoms with Crippen LogP contribution in [-0.4, -0.2) is 33.2 Å². The van der Waals surface area contributed by atoms with Gasteiger partial charge in [-0.25, -0.2) is 4.79 Å². The highest BCUT2D eigenvalue weighted by atomic mass is 32.1. The molecule has 1 aromatic rings. The van der Waals surface area contributed by atoms with Crippen molar-refractivity contribution in [2.75, 3.05) is 0 Å². The Bertz CT molecular complexity index is 384. The van der Waals surface area contributed by atoms with E-state index in [0.29, 0.717) is 0 Å². The number of hydrogen-bond donors (Lipinski definition) is 3. The second kappa shape index (κ2) is 4.52. The summed E-state index contributed by atoms with van der Waals surface area (Å²) < 4.78 is 0. The molecule has 0 radical (unpaired) electrons. The lowest BCUT2D eigenvalue weighted by Gasteiger charge is -2.13. The first-order valence-corrected chi connectivity index (χ1v) is 5.00. The van der Waals surface area contributed by atoms with Gasteiger partial charge in [0, 0.05) is 5.56 Å². The van der Waals surface area contributed by atoms with Crippen LogP contribution in [0, 0.1) is 0 Å². The number of ketones is 1. The topological polar surface area (TPSA) is 94.8 Å². The molecular formula is C9H10O5S. The molecule has 0 aromatic carbocycles. The molecule has 1 rings (SSSR count). The molecule has 0 fully saturated rings. The van der Waals surface area contributed by atoms with Crippen molar-refractivity contribution in [3.8, 4) is 0 Å². The smallest absolute Gasteiger partial charge is 0.335 e. The van der Waals surface area contributed by atoms with E-state index in [0.717, 1.165) is 11.3 Å². The van der Waals surface area contributed by atoms with E-state index in [9.17, 15) is 14.7 Å². The molecule has 0 bridgehead atoms. The summed E-state index contributed by atoms with van der Waals surface area (Å²) in [6.07, 6.45) is -3.50. The van der Waals surface area contributed by atoms with Crippen LogP contribution >= 0.6 is 11.3 Å². The van der Waals surface area contributed by atoms with E-state index in [1.165, 1.54) is 13.0 Å². The van der Waals surface area contributed by atoms with Gasteiger partial charge in [0.15, 0.2) is 11.9 Å². The summed E-state index contributed by atoms with van der Waals surface area (Å²) in [6, 6.07) is 1.43. The van der Waals surface area contributed by atoms with Crippen molar-refractivity contribution in [3.63, 3.8) is 0 Å². The van der Waals surface area contributed by atoms with Gasteiger partial charge in [0.1, 0.15) is 6.10 Å². The maximum absolute atomic E-state index is 11.1. The van der Waals surface area contributed by atoms with Crippen molar-refractivity contribution in [1.82, 2.24) is 0 Å². The minimum Gasteiger partial charge on any atom is -0.479 e. The number of carboxylic acid groups (broad SMARTS) is 1. The Kier molecular flexibility index (Phi) is 3.57. The summed E-state index contributed by atoms with van der Waals surface area (Å²) in [5.74, 6) is -1.79. The number of rotatable bonds is 4. The van der Waals surface area contributed by atoms with Gasteiger partial charge < -0.3 is 15.3 Å². The Morgan fingerprint density at radius 2 is 2.00 bits per heavy atom. The lowest BCUT2D eigenvalue weighted by molar-refractivity contribution is -0.153. The second-order valence-electron chi connectivity index (χ2n) is 2.99. The Labute approximate surface area is 89.6 Å². The number of carbonyl (C=O) groups excluding carboxylic acids is 1. The zero-order chi connectivity index (χ0) is 11.6. The molecule has 0 saturated carbocycles. The van der Waals surface area contributed by atoms with E-state index < -0.39 is 18.2 Å². The highest BCUT2D eigenvalue weighted by molar-refractivity contribution is 7.12. The normalized spacial score (nSPS) is 14.6. The molecule has 82 valence electrons. The minimum atomic E-state index is -1.92. The largest absolute Gasteiger partial charge is 0.479 e. The maximum Gasteiger partial charge on any atom is 0.335 e. The molecule has 0 spiro atoms. The molecular weight excluding hydrogens is 220 g/mol. The molecule has 1 heterocycles. The fraction of sp³-hybridized carbons (Fsp3) is 0.333. The van der Waals surface area contributed by atoms with Gasteiger partial charge in [0.2, 0.25) is 0 Å². The van der Waals surface area contributed by atoms with Crippen molar-refractivity contribution in [2.45, 2.75) is 19.1 Å². The molecule has 2 atom stereocenters. The van der Waals surface area contributed by atoms with Crippen LogP contribution in [0.25, 0.3) is 0 Å². The van der Waals surface area contributed by atoms with Crippen LogP contribution in [0.4, 0.5) is 0 Å². The molecule has 1 aromatic heterocycles. The third-order valence-corrected chi connectivity index (χ3v) is 2.92. The first-order valence-electron chi connectivity index (χ1n) is 4.12. The average molecular weight is 230 g/mol. The number of aliphatic hydroxyl groups is 2. The van der Waals surface area contributed by atoms with Crippen molar-refractivity contribution < 1.29 is 24.9 Å². The summed E-state index contributed by atoms with van der Waals surface area (Å²) in [4.78, 5) is 21.8. The fourth-order valence-corrected chi connectivity index (χ4v) is 1.98. The first-order chi connectivity index (χ1) is 6.95. The fourth-order valence-electron chi connectivity index (χ4n) is 1.14. The van der Waals surface area contributed by atoms with Crippen LogP contribution in [-0.2, 0) is 4.79 Å². The Hall–Kier alpha value is -1.24. The predicted molar refractivity (Wildman–Crippen MR) is 52.9 cm³/mol. The van der Waals surface area contributed by atoms with E-state index in [1.807, 2.05) is 0 Å². The van der Waals surface area contributed by atoms with Crippen LogP contribution in [0.1, 0.15) is 28.3 Å². The SMILES string of the molecule is CC(=O)c1sccc1C(O)C(O)C(=O)O. The van der Waals surface area contributed by atoms with Crippen LogP contribution in [0.3, 0.4) is 0 Å². The molecule has 0 amide bonds. The quantitative estimate of drug-likeness (QED) is 0.652. The number of aliphatic hydroxyl groups excluding tert-OH is 2. The Balaban J connectivity index is 3.00. The minimum absolute atomic E-state index is 0.155. The molecule has 3 N–H and O–H groups in total. The third-order valence-electron chi connectivity index (χ3n) is 1.89. The number of carbonyl (C=O) groups is 2. The molecule has 0 aliphatic rings. The van der Waals surface area contributed by atoms with Gasteiger partial charge in [0.05, 0.1) is 4.88 Å². The van der Waals surface area contributed by atoms with Crippen LogP contribution < -0.4 is 0 Å². The van der Waals surface area contributed by atoms with Gasteiger partial charge in [-0.05, 0) is 18.4 Å². The highest BCUT2D eigenvalue weighted by Gasteiger charge is 2.28. The van der Waals surface area contributed by atoms with E-state index in [1.54, 1.807) is 5.38 Å². The zero-order valence-electron chi connectivity index (χ0n) is 7.88. The molecule has 2 unspecified atom stereocenters. The van der Waals surface area contributed by atoms with Gasteiger partial charge >= 0.3 is 5.97 Å². The standard InChI is InChI=1S/C9H10O5S/c1-4(10)8-5(2-3-15-8)6(11)7(12)9(13)14/h2-3,6-7,11-12H,1H3,(H,13,14). The van der Waals surface area contributed by atoms with Crippen LogP contribution in [0.2, 0.25) is 0 Å². The Morgan fingerprint density at radius 1 is 1.40 bits per heavy atom. The van der Waals surface area contributed by atoms with Crippen molar-refractivity contribution in [2.24, 2.45) is 0 Å². The number of thiophene rings is 1. The summed E-state index contributed by atoms with van der Waals surface area (Å²) in [7, 11) is 0. The molecule has 0 aliphatic heterocycles. The van der Waals surface area contributed by atoms with Crippen molar-refractivity contribution >= 4 is 23.1 Å². The Morgan fingerprint density at radius 3 is 2.47 bits per heavy atom. The van der Waals surface area contributed by atoms with E-state index >= 15 is 0 Å². The average Bonchev–Trinajstić information content (AvgIpc) is 2.63. The summed E-state index contributed by atoms with van der Waals surface area (Å²) in [5.41, 5.74) is 0.155. The molecule has 6 heteroatoms. The summed E-state index contributed by atoms with van der Waals surface area (Å²) in [5, 5.41) is 28.7. The van der Waals surface area contributed by atoms with E-state index in [2.05, 4.69) is 0 Å². The molecule has 5 nitrogen and oxygen atoms in total. The summed E-state index contributed by atoms with van der Waals surface area (Å²) >= 11 is 1.10. The maximum atomic E-state index is 11.1. The predicted octanol–water partition coefficient (Wildman–Crippen LogP) is 0.430. The van der Waals surface area contributed by atoms with Crippen molar-refractivity contribution in [1.29, 1.82) is 0 Å². The number of aliphatic carboxylic acids is 1. The first kappa shape index (κ1) is 11.8. The molecule has 0 aliphatic carbocycles. The third kappa shape index (κ3) is 2.41. The molecule has 0 saturated heterocycles. The van der Waals surface area contributed by atoms with Gasteiger partial charge in [-0.15, -0.1) is 11.3 Å². The van der Waals surface area contributed by atoms with Gasteiger partial charge in [-0.1, -0.05) is 0 Å². The zero-order valence-corrected chi connectivity index (χ0v) is 8.69. The lowest BCUT2D eigenvalue weighted by atomic mass is 10.0. The van der Waals surface area contributed by atoms with Crippen molar-refractivity contribution in [3.05, 3.63) is 21.9 Å². The van der Waals surface area contributed by atoms with Gasteiger partial charge in [-0.2, -0.15) is 0 Å². The lowest BCUT2D eigenvalue weighted by Crippen LogP contribution is -2.27.